The number of alkyl halides is 2. The largest absolute Gasteiger partial charge is 0.501 e. The van der Waals surface area contributed by atoms with Crippen LogP contribution >= 0.6 is 0 Å². The van der Waals surface area contributed by atoms with Gasteiger partial charge in [-0.3, -0.25) is 16.4 Å². The Labute approximate surface area is 66.3 Å². The lowest BCUT2D eigenvalue weighted by molar-refractivity contribution is 0.182. The maximum absolute atomic E-state index is 12.9. The zero-order valence-corrected chi connectivity index (χ0v) is 7.68. The molecule has 0 aromatic carbocycles. The van der Waals surface area contributed by atoms with Gasteiger partial charge >= 0.3 is 17.5 Å². The van der Waals surface area contributed by atoms with E-state index in [1.165, 1.54) is 0 Å². The highest BCUT2D eigenvalue weighted by atomic mass is 28.5. The normalized spacial score (nSPS) is 53.5. The fraction of sp³-hybridized carbons (Fsp3) is 1.00. The molecule has 3 rings (SSSR count). The van der Waals surface area contributed by atoms with E-state index in [0.29, 0.717) is 0 Å². The van der Waals surface area contributed by atoms with Crippen LogP contribution in [-0.4, -0.2) is 27.3 Å². The molecule has 70 valence electrons. The van der Waals surface area contributed by atoms with E-state index in [2.05, 4.69) is 0 Å². The van der Waals surface area contributed by atoms with Crippen LogP contribution in [0.1, 0.15) is 12.8 Å². The summed E-state index contributed by atoms with van der Waals surface area (Å²) in [6.45, 7) is 0. The molecule has 12 heavy (non-hydrogen) atoms. The van der Waals surface area contributed by atoms with Crippen molar-refractivity contribution in [1.82, 2.24) is 0 Å². The zero-order valence-electron chi connectivity index (χ0n) is 5.68. The van der Waals surface area contributed by atoms with Crippen LogP contribution in [0.2, 0.25) is 0 Å². The Morgan fingerprint density at radius 3 is 1.08 bits per heavy atom. The molecule has 0 unspecified atom stereocenters. The molecule has 0 saturated carbocycles. The smallest absolute Gasteiger partial charge is 0.264 e. The quantitative estimate of drug-likeness (QED) is 0.334. The van der Waals surface area contributed by atoms with E-state index in [1.807, 2.05) is 0 Å². The molecule has 0 spiro atoms. The number of hydrogen-bond donors (Lipinski definition) is 0. The summed E-state index contributed by atoms with van der Waals surface area (Å²) in [6, 6.07) is 0. The van der Waals surface area contributed by atoms with Gasteiger partial charge in [-0.15, -0.1) is 0 Å². The molecule has 3 aliphatic rings. The summed E-state index contributed by atoms with van der Waals surface area (Å²) in [5, 5.41) is 0. The summed E-state index contributed by atoms with van der Waals surface area (Å²) >= 11 is 0. The van der Waals surface area contributed by atoms with Crippen molar-refractivity contribution in [3.8, 4) is 0 Å². The average molecular weight is 222 g/mol. The first-order chi connectivity index (χ1) is 5.21. The number of hydrogen-bond acceptors (Lipinski definition) is 0. The van der Waals surface area contributed by atoms with Gasteiger partial charge in [0.15, 0.2) is 0 Å². The molecular formula is C4H4F6Si2. The zero-order chi connectivity index (χ0) is 9.41. The van der Waals surface area contributed by atoms with E-state index < -0.39 is 40.2 Å². The third-order valence-electron chi connectivity index (χ3n) is 2.80. The van der Waals surface area contributed by atoms with Gasteiger partial charge in [-0.25, -0.2) is 8.78 Å². The third kappa shape index (κ3) is 0.440. The van der Waals surface area contributed by atoms with Crippen molar-refractivity contribution >= 4 is 17.5 Å². The van der Waals surface area contributed by atoms with Crippen molar-refractivity contribution in [2.45, 2.75) is 22.7 Å². The summed E-state index contributed by atoms with van der Waals surface area (Å²) in [5.74, 6) is 0. The van der Waals surface area contributed by atoms with E-state index in [-0.39, 0.29) is 0 Å². The summed E-state index contributed by atoms with van der Waals surface area (Å²) in [4.78, 5) is -7.34. The Kier molecular flexibility index (Phi) is 1.17. The molecule has 0 aromatic heterocycles. The topological polar surface area (TPSA) is 0 Å². The van der Waals surface area contributed by atoms with E-state index in [9.17, 15) is 25.2 Å². The van der Waals surface area contributed by atoms with Crippen LogP contribution in [0.3, 0.4) is 0 Å². The molecular weight excluding hydrogens is 218 g/mol. The standard InChI is InChI=1S/C4H4F6Si2/c5-3-1-2-4(6,11(3,7)8)12(3,9)10/h1-2H2. The highest BCUT2D eigenvalue weighted by Gasteiger charge is 3.06. The Morgan fingerprint density at radius 2 is 1.00 bits per heavy atom. The first kappa shape index (κ1) is 8.60. The maximum Gasteiger partial charge on any atom is 0.501 e. The molecule has 0 nitrogen and oxygen atoms in total. The summed E-state index contributed by atoms with van der Waals surface area (Å²) in [5.41, 5.74) is 0. The molecule has 0 radical (unpaired) electrons. The molecule has 8 heteroatoms. The predicted molar refractivity (Wildman–Crippen MR) is 32.9 cm³/mol. The number of halogens is 6. The first-order valence-electron chi connectivity index (χ1n) is 3.34. The second-order valence-corrected chi connectivity index (χ2v) is 9.72. The molecule has 3 fully saturated rings. The molecule has 3 aliphatic heterocycles. The molecule has 0 N–H and O–H groups in total. The second kappa shape index (κ2) is 1.63. The lowest BCUT2D eigenvalue weighted by atomic mass is 10.4. The van der Waals surface area contributed by atoms with Gasteiger partial charge in [-0.2, -0.15) is 0 Å². The van der Waals surface area contributed by atoms with E-state index in [0.717, 1.165) is 0 Å². The van der Waals surface area contributed by atoms with Crippen LogP contribution in [0.4, 0.5) is 25.2 Å². The number of fused-ring (bicyclic) bond motifs is 1. The van der Waals surface area contributed by atoms with Gasteiger partial charge in [0.2, 0.25) is 9.83 Å². The third-order valence-corrected chi connectivity index (χ3v) is 11.6. The van der Waals surface area contributed by atoms with Crippen molar-refractivity contribution in [2.75, 3.05) is 0 Å². The minimum Gasteiger partial charge on any atom is -0.264 e. The lowest BCUT2D eigenvalue weighted by Crippen LogP contribution is -2.87. The minimum absolute atomic E-state index is 0.984. The van der Waals surface area contributed by atoms with Crippen LogP contribution in [0.25, 0.3) is 0 Å². The molecule has 3 heterocycles. The summed E-state index contributed by atoms with van der Waals surface area (Å²) < 4.78 is 76.1. The fourth-order valence-corrected chi connectivity index (χ4v) is 9.60. The Hall–Kier alpha value is 0.0138. The summed E-state index contributed by atoms with van der Waals surface area (Å²) in [6.07, 6.45) is -1.97. The molecule has 0 amide bonds. The van der Waals surface area contributed by atoms with E-state index >= 15 is 0 Å². The van der Waals surface area contributed by atoms with Crippen LogP contribution in [-0.2, 0) is 0 Å². The average Bonchev–Trinajstić information content (AvgIpc) is 2.23. The van der Waals surface area contributed by atoms with E-state index in [4.69, 9.17) is 0 Å². The fourth-order valence-electron chi connectivity index (χ4n) is 1.93. The van der Waals surface area contributed by atoms with Crippen LogP contribution in [0, 0.1) is 0 Å². The van der Waals surface area contributed by atoms with Crippen molar-refractivity contribution in [1.29, 1.82) is 0 Å². The van der Waals surface area contributed by atoms with Crippen LogP contribution < -0.4 is 0 Å². The molecule has 0 aliphatic carbocycles. The summed E-state index contributed by atoms with van der Waals surface area (Å²) in [7, 11) is -11.9. The monoisotopic (exact) mass is 222 g/mol. The highest BCUT2D eigenvalue weighted by molar-refractivity contribution is 7.11. The van der Waals surface area contributed by atoms with Gasteiger partial charge < -0.3 is 0 Å². The van der Waals surface area contributed by atoms with Gasteiger partial charge in [-0.1, -0.05) is 0 Å². The SMILES string of the molecule is FC12CCC(F)([Si]1(F)F)[Si]2(F)F. The molecule has 0 atom stereocenters. The van der Waals surface area contributed by atoms with Gasteiger partial charge in [0.05, 0.1) is 0 Å². The van der Waals surface area contributed by atoms with Gasteiger partial charge in [0.1, 0.15) is 0 Å². The van der Waals surface area contributed by atoms with Crippen molar-refractivity contribution < 1.29 is 25.2 Å². The second-order valence-electron chi connectivity index (χ2n) is 3.25. The molecule has 0 aromatic rings. The first-order valence-corrected chi connectivity index (χ1v) is 6.85. The Morgan fingerprint density at radius 1 is 0.750 bits per heavy atom. The van der Waals surface area contributed by atoms with Crippen LogP contribution in [0.5, 0.6) is 0 Å². The predicted octanol–water partition coefficient (Wildman–Crippen LogP) is 2.13. The highest BCUT2D eigenvalue weighted by Crippen LogP contribution is 2.70. The molecule has 3 saturated heterocycles. The maximum atomic E-state index is 12.9. The lowest BCUT2D eigenvalue weighted by Gasteiger charge is -2.46. The van der Waals surface area contributed by atoms with E-state index in [1.54, 1.807) is 0 Å². The van der Waals surface area contributed by atoms with Crippen molar-refractivity contribution in [2.24, 2.45) is 0 Å². The van der Waals surface area contributed by atoms with Gasteiger partial charge in [0.25, 0.3) is 0 Å². The molecule has 2 bridgehead atoms. The van der Waals surface area contributed by atoms with Crippen molar-refractivity contribution in [3.05, 3.63) is 0 Å². The van der Waals surface area contributed by atoms with Crippen LogP contribution in [0.15, 0.2) is 0 Å². The van der Waals surface area contributed by atoms with Gasteiger partial charge in [0, 0.05) is 0 Å². The van der Waals surface area contributed by atoms with Gasteiger partial charge in [-0.05, 0) is 12.8 Å². The van der Waals surface area contributed by atoms with Crippen molar-refractivity contribution in [3.63, 3.8) is 0 Å². The Bertz CT molecular complexity index is 212. The Balaban J connectivity index is 2.54. The minimum atomic E-state index is -5.95. The number of rotatable bonds is 0.